The number of amides is 1. The summed E-state index contributed by atoms with van der Waals surface area (Å²) in [5.74, 6) is 0. The van der Waals surface area contributed by atoms with Crippen molar-refractivity contribution in [2.24, 2.45) is 5.41 Å². The Kier molecular flexibility index (Phi) is 5.79. The minimum Gasteiger partial charge on any atom is -0.442 e. The molecule has 1 saturated carbocycles. The van der Waals surface area contributed by atoms with Crippen LogP contribution in [0.1, 0.15) is 59.3 Å². The molecule has 110 valence electrons. The highest BCUT2D eigenvalue weighted by Gasteiger charge is 2.31. The van der Waals surface area contributed by atoms with Crippen LogP contribution in [0.15, 0.2) is 0 Å². The summed E-state index contributed by atoms with van der Waals surface area (Å²) in [6, 6.07) is 0. The zero-order valence-corrected chi connectivity index (χ0v) is 12.2. The van der Waals surface area contributed by atoms with E-state index < -0.39 is 17.1 Å². The monoisotopic (exact) mass is 271 g/mol. The number of carbonyl (C=O) groups excluding carboxylic acids is 2. The molecular weight excluding hydrogens is 246 g/mol. The number of hydroxylamine groups is 1. The fourth-order valence-electron chi connectivity index (χ4n) is 2.27. The van der Waals surface area contributed by atoms with Gasteiger partial charge in [0, 0.05) is 0 Å². The van der Waals surface area contributed by atoms with Crippen molar-refractivity contribution in [1.82, 2.24) is 5.48 Å². The van der Waals surface area contributed by atoms with Crippen LogP contribution >= 0.6 is 0 Å². The Bertz CT molecular complexity index is 301. The Morgan fingerprint density at radius 3 is 2.26 bits per heavy atom. The van der Waals surface area contributed by atoms with Crippen LogP contribution in [0, 0.1) is 5.41 Å². The molecule has 0 saturated heterocycles. The van der Waals surface area contributed by atoms with Crippen molar-refractivity contribution in [3.8, 4) is 0 Å². The van der Waals surface area contributed by atoms with Crippen LogP contribution in [0.2, 0.25) is 0 Å². The molecular formula is C14H25NO4. The van der Waals surface area contributed by atoms with Gasteiger partial charge in [-0.2, -0.15) is 5.48 Å². The normalized spacial score (nSPS) is 19.3. The minimum absolute atomic E-state index is 0.218. The topological polar surface area (TPSA) is 64.6 Å². The highest BCUT2D eigenvalue weighted by atomic mass is 16.7. The molecule has 19 heavy (non-hydrogen) atoms. The maximum absolute atomic E-state index is 11.4. The van der Waals surface area contributed by atoms with Crippen molar-refractivity contribution >= 4 is 12.4 Å². The second kappa shape index (κ2) is 6.89. The van der Waals surface area contributed by atoms with Crippen LogP contribution in [-0.2, 0) is 14.4 Å². The molecule has 5 heteroatoms. The third-order valence-corrected chi connectivity index (χ3v) is 3.26. The Labute approximate surface area is 115 Å². The van der Waals surface area contributed by atoms with Gasteiger partial charge in [-0.1, -0.05) is 25.7 Å². The summed E-state index contributed by atoms with van der Waals surface area (Å²) in [5, 5.41) is 0. The smallest absolute Gasteiger partial charge is 0.431 e. The lowest BCUT2D eigenvalue weighted by Crippen LogP contribution is -2.37. The Morgan fingerprint density at radius 1 is 1.21 bits per heavy atom. The van der Waals surface area contributed by atoms with E-state index in [-0.39, 0.29) is 6.61 Å². The second-order valence-electron chi connectivity index (χ2n) is 6.29. The summed E-state index contributed by atoms with van der Waals surface area (Å²) in [5.41, 5.74) is 1.24. The average Bonchev–Trinajstić information content (AvgIpc) is 2.53. The van der Waals surface area contributed by atoms with E-state index in [4.69, 9.17) is 9.57 Å². The van der Waals surface area contributed by atoms with E-state index in [1.54, 1.807) is 20.8 Å². The van der Waals surface area contributed by atoms with E-state index in [1.807, 2.05) is 0 Å². The summed E-state index contributed by atoms with van der Waals surface area (Å²) in [6.45, 7) is 5.57. The molecule has 0 radical (unpaired) electrons. The molecule has 5 nitrogen and oxygen atoms in total. The molecule has 0 aromatic rings. The summed E-state index contributed by atoms with van der Waals surface area (Å²) in [7, 11) is 0. The second-order valence-corrected chi connectivity index (χ2v) is 6.29. The van der Waals surface area contributed by atoms with Crippen LogP contribution in [0.5, 0.6) is 0 Å². The lowest BCUT2D eigenvalue weighted by molar-refractivity contribution is -0.123. The third-order valence-electron chi connectivity index (χ3n) is 3.26. The maximum Gasteiger partial charge on any atom is 0.431 e. The first-order chi connectivity index (χ1) is 8.87. The van der Waals surface area contributed by atoms with Crippen LogP contribution in [-0.4, -0.2) is 24.6 Å². The maximum atomic E-state index is 11.4. The van der Waals surface area contributed by atoms with Gasteiger partial charge in [0.2, 0.25) is 0 Å². The summed E-state index contributed by atoms with van der Waals surface area (Å²) in [4.78, 5) is 27.9. The lowest BCUT2D eigenvalue weighted by atomic mass is 9.83. The average molecular weight is 271 g/mol. The first-order valence-electron chi connectivity index (χ1n) is 6.94. The third kappa shape index (κ3) is 6.05. The highest BCUT2D eigenvalue weighted by molar-refractivity contribution is 5.66. The fraction of sp³-hybridized carbons (Fsp3) is 0.857. The van der Waals surface area contributed by atoms with Crippen LogP contribution < -0.4 is 5.48 Å². The van der Waals surface area contributed by atoms with Crippen molar-refractivity contribution in [1.29, 1.82) is 0 Å². The minimum atomic E-state index is -0.623. The van der Waals surface area contributed by atoms with Gasteiger partial charge in [0.1, 0.15) is 11.9 Å². The highest BCUT2D eigenvalue weighted by Crippen LogP contribution is 2.33. The molecule has 0 aliphatic heterocycles. The van der Waals surface area contributed by atoms with Crippen LogP contribution in [0.3, 0.4) is 0 Å². The summed E-state index contributed by atoms with van der Waals surface area (Å²) in [6.07, 6.45) is 6.41. The largest absolute Gasteiger partial charge is 0.442 e. The van der Waals surface area contributed by atoms with Crippen LogP contribution in [0.4, 0.5) is 4.79 Å². The number of nitrogens with one attached hydrogen (secondary N) is 1. The van der Waals surface area contributed by atoms with Gasteiger partial charge in [-0.3, -0.25) is 4.84 Å². The Morgan fingerprint density at radius 2 is 1.79 bits per heavy atom. The molecule has 1 fully saturated rings. The van der Waals surface area contributed by atoms with Gasteiger partial charge >= 0.3 is 6.09 Å². The molecule has 0 aromatic heterocycles. The van der Waals surface area contributed by atoms with Gasteiger partial charge in [0.15, 0.2) is 0 Å². The predicted molar refractivity (Wildman–Crippen MR) is 71.5 cm³/mol. The number of hydrogen-bond acceptors (Lipinski definition) is 4. The first kappa shape index (κ1) is 16.0. The van der Waals surface area contributed by atoms with E-state index in [9.17, 15) is 9.59 Å². The molecule has 1 rings (SSSR count). The predicted octanol–water partition coefficient (Wildman–Crippen LogP) is 2.98. The van der Waals surface area contributed by atoms with Crippen molar-refractivity contribution in [3.05, 3.63) is 0 Å². The van der Waals surface area contributed by atoms with Gasteiger partial charge in [0.05, 0.1) is 12.0 Å². The molecule has 0 aromatic carbocycles. The van der Waals surface area contributed by atoms with Crippen molar-refractivity contribution < 1.29 is 19.2 Å². The number of ether oxygens (including phenoxy) is 1. The summed E-state index contributed by atoms with van der Waals surface area (Å²) >= 11 is 0. The van der Waals surface area contributed by atoms with Gasteiger partial charge in [-0.05, 0) is 33.6 Å². The zero-order valence-electron chi connectivity index (χ0n) is 12.2. The number of hydrogen-bond donors (Lipinski definition) is 1. The standard InChI is InChI=1S/C14H25NO4/c1-13(2,3)19-12(17)15-18-11-14(10-16)8-6-4-5-7-9-14/h10H,4-9,11H2,1-3H3,(H,15,17). The first-order valence-corrected chi connectivity index (χ1v) is 6.94. The fourth-order valence-corrected chi connectivity index (χ4v) is 2.27. The van der Waals surface area contributed by atoms with Gasteiger partial charge in [-0.15, -0.1) is 0 Å². The Balaban J connectivity index is 2.37. The molecule has 0 atom stereocenters. The van der Waals surface area contributed by atoms with Gasteiger partial charge < -0.3 is 9.53 Å². The molecule has 1 N–H and O–H groups in total. The van der Waals surface area contributed by atoms with E-state index >= 15 is 0 Å². The molecule has 1 amide bonds. The summed E-state index contributed by atoms with van der Waals surface area (Å²) < 4.78 is 5.05. The van der Waals surface area contributed by atoms with Crippen molar-refractivity contribution in [2.75, 3.05) is 6.61 Å². The Hall–Kier alpha value is -1.10. The quantitative estimate of drug-likeness (QED) is 0.485. The van der Waals surface area contributed by atoms with E-state index in [0.29, 0.717) is 0 Å². The van der Waals surface area contributed by atoms with Crippen molar-refractivity contribution in [3.63, 3.8) is 0 Å². The van der Waals surface area contributed by atoms with Crippen LogP contribution in [0.25, 0.3) is 0 Å². The van der Waals surface area contributed by atoms with Gasteiger partial charge in [0.25, 0.3) is 0 Å². The lowest BCUT2D eigenvalue weighted by Gasteiger charge is -2.26. The van der Waals surface area contributed by atoms with E-state index in [0.717, 1.165) is 44.8 Å². The van der Waals surface area contributed by atoms with Crippen molar-refractivity contribution in [2.45, 2.75) is 64.9 Å². The molecule has 0 bridgehead atoms. The van der Waals surface area contributed by atoms with Gasteiger partial charge in [-0.25, -0.2) is 4.79 Å². The number of aldehydes is 1. The molecule has 1 aliphatic rings. The number of rotatable bonds is 4. The van der Waals surface area contributed by atoms with E-state index in [2.05, 4.69) is 5.48 Å². The molecule has 0 unspecified atom stereocenters. The molecule has 0 spiro atoms. The number of carbonyl (C=O) groups is 2. The SMILES string of the molecule is CC(C)(C)OC(=O)NOCC1(C=O)CCCCCC1. The zero-order chi connectivity index (χ0) is 14.4. The molecule has 0 heterocycles. The molecule has 1 aliphatic carbocycles. The van der Waals surface area contributed by atoms with E-state index in [1.165, 1.54) is 0 Å².